The van der Waals surface area contributed by atoms with Gasteiger partial charge in [-0.25, -0.2) is 18.1 Å². The molecule has 0 unspecified atom stereocenters. The molecule has 0 bridgehead atoms. The molecule has 1 heterocycles. The summed E-state index contributed by atoms with van der Waals surface area (Å²) in [5, 5.41) is 1.90. The minimum atomic E-state index is -3.58. The van der Waals surface area contributed by atoms with Gasteiger partial charge in [0, 0.05) is 18.3 Å². The largest absolute Gasteiger partial charge is 0.495 e. The lowest BCUT2D eigenvalue weighted by atomic mass is 10.2. The van der Waals surface area contributed by atoms with Crippen LogP contribution in [0.25, 0.3) is 0 Å². The second-order valence-electron chi connectivity index (χ2n) is 4.28. The Hall–Kier alpha value is -1.44. The van der Waals surface area contributed by atoms with Crippen LogP contribution in [0.15, 0.2) is 34.0 Å². The molecule has 0 fully saturated rings. The van der Waals surface area contributed by atoms with E-state index in [1.54, 1.807) is 17.6 Å². The van der Waals surface area contributed by atoms with Gasteiger partial charge < -0.3 is 4.74 Å². The van der Waals surface area contributed by atoms with Crippen LogP contribution in [-0.2, 0) is 16.4 Å². The number of nitrogens with one attached hydrogen (secondary N) is 1. The molecular weight excluding hydrogens is 296 g/mol. The van der Waals surface area contributed by atoms with Crippen LogP contribution in [0.3, 0.4) is 0 Å². The van der Waals surface area contributed by atoms with Gasteiger partial charge in [0.1, 0.15) is 10.6 Å². The molecule has 0 aliphatic heterocycles. The van der Waals surface area contributed by atoms with Crippen molar-refractivity contribution in [1.82, 2.24) is 9.71 Å². The van der Waals surface area contributed by atoms with Crippen molar-refractivity contribution in [3.8, 4) is 5.75 Å². The quantitative estimate of drug-likeness (QED) is 0.885. The molecule has 0 aliphatic rings. The number of hydrogen-bond donors (Lipinski definition) is 1. The van der Waals surface area contributed by atoms with E-state index in [-0.39, 0.29) is 4.90 Å². The topological polar surface area (TPSA) is 68.3 Å². The Morgan fingerprint density at radius 2 is 2.20 bits per heavy atom. The zero-order chi connectivity index (χ0) is 14.6. The summed E-state index contributed by atoms with van der Waals surface area (Å²) in [7, 11) is -2.12. The third-order valence-electron chi connectivity index (χ3n) is 2.77. The molecule has 0 amide bonds. The molecule has 1 N–H and O–H groups in total. The molecule has 0 saturated carbocycles. The summed E-state index contributed by atoms with van der Waals surface area (Å²) in [4.78, 5) is 4.28. The van der Waals surface area contributed by atoms with Crippen LogP contribution < -0.4 is 9.46 Å². The Morgan fingerprint density at radius 3 is 2.85 bits per heavy atom. The number of benzene rings is 1. The Labute approximate surface area is 122 Å². The first-order chi connectivity index (χ1) is 9.53. The van der Waals surface area contributed by atoms with Gasteiger partial charge >= 0.3 is 0 Å². The summed E-state index contributed by atoms with van der Waals surface area (Å²) in [6, 6.07) is 5.07. The molecule has 0 saturated heterocycles. The number of sulfonamides is 1. The summed E-state index contributed by atoms with van der Waals surface area (Å²) in [6.07, 6.45) is 0.566. The van der Waals surface area contributed by atoms with Crippen LogP contribution in [0.1, 0.15) is 11.3 Å². The summed E-state index contributed by atoms with van der Waals surface area (Å²) in [5.41, 5.74) is 3.48. The van der Waals surface area contributed by atoms with E-state index in [4.69, 9.17) is 4.74 Å². The van der Waals surface area contributed by atoms with Crippen molar-refractivity contribution in [2.75, 3.05) is 13.7 Å². The number of aryl methyl sites for hydroxylation is 1. The van der Waals surface area contributed by atoms with E-state index in [1.807, 2.05) is 18.4 Å². The highest BCUT2D eigenvalue weighted by Gasteiger charge is 2.19. The van der Waals surface area contributed by atoms with Crippen molar-refractivity contribution in [3.05, 3.63) is 40.3 Å². The first-order valence-corrected chi connectivity index (χ1v) is 8.47. The monoisotopic (exact) mass is 312 g/mol. The molecule has 1 aromatic heterocycles. The molecular formula is C13H16N2O3S2. The predicted octanol–water partition coefficient (Wildman–Crippen LogP) is 1.98. The molecule has 5 nitrogen and oxygen atoms in total. The Balaban J connectivity index is 2.11. The maximum atomic E-state index is 12.3. The smallest absolute Gasteiger partial charge is 0.244 e. The van der Waals surface area contributed by atoms with Gasteiger partial charge in [-0.05, 0) is 24.6 Å². The molecule has 2 rings (SSSR count). The fourth-order valence-corrected chi connectivity index (χ4v) is 3.62. The number of methoxy groups -OCH3 is 1. The van der Waals surface area contributed by atoms with Crippen molar-refractivity contribution >= 4 is 21.4 Å². The highest BCUT2D eigenvalue weighted by Crippen LogP contribution is 2.24. The van der Waals surface area contributed by atoms with Crippen molar-refractivity contribution in [2.24, 2.45) is 0 Å². The normalized spacial score (nSPS) is 11.5. The number of ether oxygens (including phenoxy) is 1. The molecule has 7 heteroatoms. The van der Waals surface area contributed by atoms with Crippen molar-refractivity contribution < 1.29 is 13.2 Å². The molecule has 1 aromatic carbocycles. The van der Waals surface area contributed by atoms with Gasteiger partial charge in [0.05, 0.1) is 18.3 Å². The molecule has 0 atom stereocenters. The third-order valence-corrected chi connectivity index (χ3v) is 4.88. The molecule has 0 aliphatic carbocycles. The van der Waals surface area contributed by atoms with Crippen LogP contribution in [-0.4, -0.2) is 27.1 Å². The van der Waals surface area contributed by atoms with E-state index in [1.165, 1.54) is 18.4 Å². The maximum Gasteiger partial charge on any atom is 0.244 e. The lowest BCUT2D eigenvalue weighted by Crippen LogP contribution is -2.26. The maximum absolute atomic E-state index is 12.3. The van der Waals surface area contributed by atoms with Gasteiger partial charge in [0.15, 0.2) is 0 Å². The number of hydrogen-bond acceptors (Lipinski definition) is 5. The average Bonchev–Trinajstić information content (AvgIpc) is 2.91. The zero-order valence-corrected chi connectivity index (χ0v) is 12.9. The number of rotatable bonds is 6. The number of thiazole rings is 1. The highest BCUT2D eigenvalue weighted by atomic mass is 32.2. The second kappa shape index (κ2) is 6.34. The predicted molar refractivity (Wildman–Crippen MR) is 78.7 cm³/mol. The standard InChI is InChI=1S/C13H16N2O3S2/c1-10-3-4-12(18-2)13(7-10)20(16,17)15-6-5-11-8-19-9-14-11/h3-4,7-9,15H,5-6H2,1-2H3. The van der Waals surface area contributed by atoms with E-state index in [0.29, 0.717) is 18.7 Å². The second-order valence-corrected chi connectivity index (χ2v) is 6.74. The van der Waals surface area contributed by atoms with Gasteiger partial charge in [-0.15, -0.1) is 11.3 Å². The molecule has 0 radical (unpaired) electrons. The highest BCUT2D eigenvalue weighted by molar-refractivity contribution is 7.89. The molecule has 2 aromatic rings. The van der Waals surface area contributed by atoms with Crippen LogP contribution in [0.5, 0.6) is 5.75 Å². The van der Waals surface area contributed by atoms with Crippen molar-refractivity contribution in [2.45, 2.75) is 18.2 Å². The molecule has 0 spiro atoms. The number of aromatic nitrogens is 1. The van der Waals surface area contributed by atoms with E-state index >= 15 is 0 Å². The van der Waals surface area contributed by atoms with Gasteiger partial charge in [0.2, 0.25) is 10.0 Å². The SMILES string of the molecule is COc1ccc(C)cc1S(=O)(=O)NCCc1cscn1. The van der Waals surface area contributed by atoms with Crippen LogP contribution in [0, 0.1) is 6.92 Å². The van der Waals surface area contributed by atoms with Gasteiger partial charge in [-0.3, -0.25) is 0 Å². The van der Waals surface area contributed by atoms with Gasteiger partial charge in [-0.1, -0.05) is 6.07 Å². The van der Waals surface area contributed by atoms with E-state index in [0.717, 1.165) is 11.3 Å². The molecule has 108 valence electrons. The van der Waals surface area contributed by atoms with Crippen molar-refractivity contribution in [1.29, 1.82) is 0 Å². The third kappa shape index (κ3) is 3.56. The van der Waals surface area contributed by atoms with Crippen LogP contribution in [0.2, 0.25) is 0 Å². The number of nitrogens with zero attached hydrogens (tertiary/aromatic N) is 1. The first-order valence-electron chi connectivity index (χ1n) is 6.04. The van der Waals surface area contributed by atoms with Crippen LogP contribution >= 0.6 is 11.3 Å². The first kappa shape index (κ1) is 15.0. The van der Waals surface area contributed by atoms with E-state index in [9.17, 15) is 8.42 Å². The average molecular weight is 312 g/mol. The lowest BCUT2D eigenvalue weighted by molar-refractivity contribution is 0.402. The summed E-state index contributed by atoms with van der Waals surface area (Å²) in [6.45, 7) is 2.15. The fourth-order valence-electron chi connectivity index (χ4n) is 1.75. The Bertz CT molecular complexity index is 667. The van der Waals surface area contributed by atoms with Gasteiger partial charge in [0.25, 0.3) is 0 Å². The lowest BCUT2D eigenvalue weighted by Gasteiger charge is -2.11. The van der Waals surface area contributed by atoms with E-state index in [2.05, 4.69) is 9.71 Å². The van der Waals surface area contributed by atoms with Gasteiger partial charge in [-0.2, -0.15) is 0 Å². The minimum Gasteiger partial charge on any atom is -0.495 e. The fraction of sp³-hybridized carbons (Fsp3) is 0.308. The molecule has 20 heavy (non-hydrogen) atoms. The Morgan fingerprint density at radius 1 is 1.40 bits per heavy atom. The van der Waals surface area contributed by atoms with Crippen LogP contribution in [0.4, 0.5) is 0 Å². The summed E-state index contributed by atoms with van der Waals surface area (Å²) in [5.74, 6) is 0.344. The minimum absolute atomic E-state index is 0.165. The summed E-state index contributed by atoms with van der Waals surface area (Å²) >= 11 is 1.49. The Kier molecular flexibility index (Phi) is 4.74. The zero-order valence-electron chi connectivity index (χ0n) is 11.3. The van der Waals surface area contributed by atoms with Crippen molar-refractivity contribution in [3.63, 3.8) is 0 Å². The summed E-state index contributed by atoms with van der Waals surface area (Å²) < 4.78 is 32.2. The van der Waals surface area contributed by atoms with E-state index < -0.39 is 10.0 Å².